The van der Waals surface area contributed by atoms with Gasteiger partial charge in [-0.3, -0.25) is 0 Å². The summed E-state index contributed by atoms with van der Waals surface area (Å²) in [6.45, 7) is 2.24. The molecule has 2 N–H and O–H groups in total. The van der Waals surface area contributed by atoms with E-state index in [2.05, 4.69) is 15.1 Å². The summed E-state index contributed by atoms with van der Waals surface area (Å²) in [5, 5.41) is 4.95. The molecule has 3 rings (SSSR count). The van der Waals surface area contributed by atoms with Crippen LogP contribution in [0.4, 0.5) is 0 Å². The minimum atomic E-state index is 0.255. The summed E-state index contributed by atoms with van der Waals surface area (Å²) < 4.78 is 6.10. The zero-order chi connectivity index (χ0) is 11.8. The minimum Gasteiger partial charge on any atom is -0.338 e. The van der Waals surface area contributed by atoms with Crippen LogP contribution in [0.2, 0.25) is 0 Å². The largest absolute Gasteiger partial charge is 0.338 e. The molecule has 3 aromatic rings. The van der Waals surface area contributed by atoms with Crippen molar-refractivity contribution in [3.8, 4) is 11.4 Å². The summed E-state index contributed by atoms with van der Waals surface area (Å²) in [6.07, 6.45) is 0. The number of hydrogen-bond acceptors (Lipinski definition) is 6. The van der Waals surface area contributed by atoms with E-state index >= 15 is 0 Å². The predicted molar refractivity (Wildman–Crippen MR) is 65.5 cm³/mol. The first-order chi connectivity index (χ1) is 8.28. The molecule has 17 heavy (non-hydrogen) atoms. The quantitative estimate of drug-likeness (QED) is 0.749. The molecule has 1 aromatic carbocycles. The van der Waals surface area contributed by atoms with E-state index in [4.69, 9.17) is 10.3 Å². The van der Waals surface area contributed by atoms with E-state index in [0.29, 0.717) is 11.7 Å². The van der Waals surface area contributed by atoms with Gasteiger partial charge in [0.25, 0.3) is 0 Å². The fourth-order valence-electron chi connectivity index (χ4n) is 1.68. The fraction of sp³-hybridized carbons (Fsp3) is 0.182. The van der Waals surface area contributed by atoms with Gasteiger partial charge in [0.15, 0.2) is 0 Å². The topological polar surface area (TPSA) is 77.8 Å². The van der Waals surface area contributed by atoms with Crippen LogP contribution in [0.1, 0.15) is 10.9 Å². The van der Waals surface area contributed by atoms with Crippen molar-refractivity contribution in [2.75, 3.05) is 0 Å². The lowest BCUT2D eigenvalue weighted by molar-refractivity contribution is 0.380. The number of fused-ring (bicyclic) bond motifs is 1. The van der Waals surface area contributed by atoms with Crippen LogP contribution in [-0.2, 0) is 6.54 Å². The molecule has 2 aromatic heterocycles. The minimum absolute atomic E-state index is 0.255. The summed E-state index contributed by atoms with van der Waals surface area (Å²) >= 11 is 1.63. The van der Waals surface area contributed by atoms with Crippen LogP contribution in [0.5, 0.6) is 0 Å². The third-order valence-electron chi connectivity index (χ3n) is 2.41. The summed E-state index contributed by atoms with van der Waals surface area (Å²) in [7, 11) is 0. The van der Waals surface area contributed by atoms with Crippen LogP contribution in [-0.4, -0.2) is 15.1 Å². The molecule has 6 heteroatoms. The molecule has 0 amide bonds. The molecule has 2 heterocycles. The van der Waals surface area contributed by atoms with Gasteiger partial charge in [0.2, 0.25) is 11.7 Å². The number of benzene rings is 1. The maximum Gasteiger partial charge on any atom is 0.240 e. The number of nitrogens with two attached hydrogens (primary N) is 1. The molecule has 0 radical (unpaired) electrons. The predicted octanol–water partition coefficient (Wildman–Crippen LogP) is 2.11. The lowest BCUT2D eigenvalue weighted by Gasteiger charge is -1.94. The Morgan fingerprint density at radius 2 is 2.24 bits per heavy atom. The van der Waals surface area contributed by atoms with Crippen LogP contribution in [0.25, 0.3) is 21.6 Å². The molecule has 0 bridgehead atoms. The van der Waals surface area contributed by atoms with Crippen LogP contribution in [0, 0.1) is 6.92 Å². The Kier molecular flexibility index (Phi) is 2.38. The van der Waals surface area contributed by atoms with E-state index in [1.54, 1.807) is 11.3 Å². The lowest BCUT2D eigenvalue weighted by Crippen LogP contribution is -1.95. The molecule has 0 unspecified atom stereocenters. The smallest absolute Gasteiger partial charge is 0.240 e. The van der Waals surface area contributed by atoms with Crippen molar-refractivity contribution in [1.82, 2.24) is 15.1 Å². The van der Waals surface area contributed by atoms with E-state index < -0.39 is 0 Å². The third kappa shape index (κ3) is 1.71. The normalized spacial score (nSPS) is 11.2. The van der Waals surface area contributed by atoms with Crippen LogP contribution in [0.15, 0.2) is 22.7 Å². The molecule has 86 valence electrons. The molecule has 0 aliphatic carbocycles. The Labute approximate surface area is 101 Å². The molecule has 0 atom stereocenters. The summed E-state index contributed by atoms with van der Waals surface area (Å²) in [5.41, 5.74) is 7.36. The van der Waals surface area contributed by atoms with Gasteiger partial charge in [-0.05, 0) is 19.1 Å². The van der Waals surface area contributed by atoms with Crippen molar-refractivity contribution >= 4 is 21.6 Å². The molecule has 5 nitrogen and oxygen atoms in total. The second-order valence-electron chi connectivity index (χ2n) is 3.60. The van der Waals surface area contributed by atoms with Gasteiger partial charge in [-0.25, -0.2) is 4.98 Å². The number of aryl methyl sites for hydroxylation is 1. The molecule has 0 fully saturated rings. The maximum atomic E-state index is 5.45. The van der Waals surface area contributed by atoms with Gasteiger partial charge in [-0.2, -0.15) is 4.98 Å². The van der Waals surface area contributed by atoms with Crippen molar-refractivity contribution in [1.29, 1.82) is 0 Å². The van der Waals surface area contributed by atoms with E-state index in [1.807, 2.05) is 25.1 Å². The molecule has 0 aliphatic rings. The average molecular weight is 246 g/mol. The number of hydrogen-bond donors (Lipinski definition) is 1. The van der Waals surface area contributed by atoms with Crippen LogP contribution < -0.4 is 5.73 Å². The van der Waals surface area contributed by atoms with Crippen molar-refractivity contribution in [2.45, 2.75) is 13.5 Å². The first kappa shape index (κ1) is 10.4. The Morgan fingerprint density at radius 3 is 3.00 bits per heavy atom. The SMILES string of the molecule is Cc1nc2cccc(-c3noc(CN)n3)c2s1. The fourth-order valence-corrected chi connectivity index (χ4v) is 2.61. The highest BCUT2D eigenvalue weighted by Gasteiger charge is 2.12. The summed E-state index contributed by atoms with van der Waals surface area (Å²) in [4.78, 5) is 8.67. The Hall–Kier alpha value is -1.79. The van der Waals surface area contributed by atoms with E-state index in [9.17, 15) is 0 Å². The first-order valence-electron chi connectivity index (χ1n) is 5.17. The monoisotopic (exact) mass is 246 g/mol. The van der Waals surface area contributed by atoms with Gasteiger partial charge in [0, 0.05) is 5.56 Å². The summed E-state index contributed by atoms with van der Waals surface area (Å²) in [6, 6.07) is 5.88. The lowest BCUT2D eigenvalue weighted by atomic mass is 10.2. The molecular weight excluding hydrogens is 236 g/mol. The zero-order valence-electron chi connectivity index (χ0n) is 9.17. The second kappa shape index (κ2) is 3.90. The highest BCUT2D eigenvalue weighted by molar-refractivity contribution is 7.19. The molecular formula is C11H10N4OS. The van der Waals surface area contributed by atoms with Gasteiger partial charge in [0.1, 0.15) is 0 Å². The first-order valence-corrected chi connectivity index (χ1v) is 5.99. The van der Waals surface area contributed by atoms with Gasteiger partial charge < -0.3 is 10.3 Å². The van der Waals surface area contributed by atoms with E-state index in [1.165, 1.54) is 0 Å². The zero-order valence-corrected chi connectivity index (χ0v) is 9.99. The Bertz CT molecular complexity index is 673. The highest BCUT2D eigenvalue weighted by Crippen LogP contribution is 2.31. The Balaban J connectivity index is 2.22. The number of thiazole rings is 1. The van der Waals surface area contributed by atoms with Crippen molar-refractivity contribution < 1.29 is 4.52 Å². The maximum absolute atomic E-state index is 5.45. The summed E-state index contributed by atoms with van der Waals surface area (Å²) in [5.74, 6) is 1.01. The molecule has 0 aliphatic heterocycles. The van der Waals surface area contributed by atoms with Crippen molar-refractivity contribution in [2.24, 2.45) is 5.73 Å². The molecule has 0 saturated carbocycles. The average Bonchev–Trinajstić information content (AvgIpc) is 2.92. The standard InChI is InChI=1S/C11H10N4OS/c1-6-13-8-4-2-3-7(10(8)17-6)11-14-9(5-12)16-15-11/h2-4H,5,12H2,1H3. The number of rotatable bonds is 2. The van der Waals surface area contributed by atoms with Gasteiger partial charge in [0.05, 0.1) is 21.8 Å². The van der Waals surface area contributed by atoms with Crippen molar-refractivity contribution in [3.63, 3.8) is 0 Å². The van der Waals surface area contributed by atoms with Crippen molar-refractivity contribution in [3.05, 3.63) is 29.1 Å². The third-order valence-corrected chi connectivity index (χ3v) is 3.43. The second-order valence-corrected chi connectivity index (χ2v) is 4.81. The number of aromatic nitrogens is 3. The van der Waals surface area contributed by atoms with Gasteiger partial charge >= 0.3 is 0 Å². The van der Waals surface area contributed by atoms with Gasteiger partial charge in [-0.15, -0.1) is 11.3 Å². The van der Waals surface area contributed by atoms with E-state index in [0.717, 1.165) is 20.8 Å². The van der Waals surface area contributed by atoms with E-state index in [-0.39, 0.29) is 6.54 Å². The number of nitrogens with zero attached hydrogens (tertiary/aromatic N) is 3. The van der Waals surface area contributed by atoms with Gasteiger partial charge in [-0.1, -0.05) is 11.2 Å². The Morgan fingerprint density at radius 1 is 1.35 bits per heavy atom. The molecule has 0 spiro atoms. The van der Waals surface area contributed by atoms with Crippen LogP contribution in [0.3, 0.4) is 0 Å². The molecule has 0 saturated heterocycles. The van der Waals surface area contributed by atoms with Crippen LogP contribution >= 0.6 is 11.3 Å². The highest BCUT2D eigenvalue weighted by atomic mass is 32.1.